The number of rotatable bonds is 16. The van der Waals surface area contributed by atoms with Crippen LogP contribution in [-0.4, -0.2) is 36.9 Å². The summed E-state index contributed by atoms with van der Waals surface area (Å²) in [6.45, 7) is 36.3. The lowest BCUT2D eigenvalue weighted by atomic mass is 10.0. The molecule has 0 unspecified atom stereocenters. The fraction of sp³-hybridized carbons (Fsp3) is 0.765. The van der Waals surface area contributed by atoms with Gasteiger partial charge in [-0.25, -0.2) is 0 Å². The molecule has 1 aromatic carbocycles. The van der Waals surface area contributed by atoms with Gasteiger partial charge in [0.2, 0.25) is 8.32 Å². The summed E-state index contributed by atoms with van der Waals surface area (Å²) in [6, 6.07) is 11.0. The summed E-state index contributed by atoms with van der Waals surface area (Å²) in [5, 5.41) is 1.74. The Kier molecular flexibility index (Phi) is 14.2. The zero-order valence-corrected chi connectivity index (χ0v) is 31.7. The van der Waals surface area contributed by atoms with E-state index in [2.05, 4.69) is 138 Å². The first-order valence-electron chi connectivity index (χ1n) is 15.9. The quantitative estimate of drug-likeness (QED) is 0.141. The standard InChI is InChI=1S/C34H66O2Si3/c1-16-17-19-24-32(37(11,12)13)33(36-39(27(2)3,28(4)5)29(6)7)31(35-38(14,15)34(8,9)10)26-25-30-22-20-18-21-23-30/h18,20-24,27-29,31,33H,16-17,19,25-26H2,1-15H3/b32-24-/t31-,33-/m0/s1. The Morgan fingerprint density at radius 1 is 0.821 bits per heavy atom. The maximum absolute atomic E-state index is 7.85. The summed E-state index contributed by atoms with van der Waals surface area (Å²) in [5.74, 6) is 0. The molecule has 0 fully saturated rings. The second kappa shape index (κ2) is 15.1. The molecule has 39 heavy (non-hydrogen) atoms. The largest absolute Gasteiger partial charge is 0.411 e. The summed E-state index contributed by atoms with van der Waals surface area (Å²) >= 11 is 0. The van der Waals surface area contributed by atoms with Crippen LogP contribution in [0, 0.1) is 0 Å². The lowest BCUT2D eigenvalue weighted by molar-refractivity contribution is 0.0519. The third-order valence-corrected chi connectivity index (χ3v) is 22.1. The Hall–Kier alpha value is -0.469. The van der Waals surface area contributed by atoms with Crippen LogP contribution < -0.4 is 0 Å². The zero-order valence-electron chi connectivity index (χ0n) is 28.7. The molecule has 0 heterocycles. The highest BCUT2D eigenvalue weighted by atomic mass is 28.4. The SMILES string of the molecule is CCCC/C=C(/[C@@H](O[Si](C(C)C)(C(C)C)C(C)C)[C@H](CCc1ccccc1)O[Si](C)(C)C(C)(C)C)[Si](C)(C)C. The maximum atomic E-state index is 7.85. The summed E-state index contributed by atoms with van der Waals surface area (Å²) in [7, 11) is -5.90. The minimum Gasteiger partial charge on any atom is -0.411 e. The number of hydrogen-bond acceptors (Lipinski definition) is 2. The topological polar surface area (TPSA) is 18.5 Å². The van der Waals surface area contributed by atoms with Gasteiger partial charge in [-0.1, -0.05) is 143 Å². The Bertz CT molecular complexity index is 839. The lowest BCUT2D eigenvalue weighted by Crippen LogP contribution is -2.57. The smallest absolute Gasteiger partial charge is 0.201 e. The van der Waals surface area contributed by atoms with E-state index < -0.39 is 24.7 Å². The Morgan fingerprint density at radius 3 is 1.74 bits per heavy atom. The average Bonchev–Trinajstić information content (AvgIpc) is 2.79. The molecule has 0 saturated carbocycles. The van der Waals surface area contributed by atoms with Crippen molar-refractivity contribution in [3.63, 3.8) is 0 Å². The lowest BCUT2D eigenvalue weighted by Gasteiger charge is -2.50. The molecule has 0 aliphatic rings. The number of hydrogen-bond donors (Lipinski definition) is 0. The monoisotopic (exact) mass is 590 g/mol. The van der Waals surface area contributed by atoms with Crippen LogP contribution in [-0.2, 0) is 15.3 Å². The Balaban J connectivity index is 3.86. The van der Waals surface area contributed by atoms with Gasteiger partial charge < -0.3 is 8.85 Å². The van der Waals surface area contributed by atoms with Gasteiger partial charge in [-0.15, -0.1) is 0 Å². The highest BCUT2D eigenvalue weighted by Gasteiger charge is 2.50. The molecule has 1 aromatic rings. The van der Waals surface area contributed by atoms with Gasteiger partial charge in [0.1, 0.15) is 0 Å². The van der Waals surface area contributed by atoms with E-state index in [0.29, 0.717) is 16.6 Å². The predicted octanol–water partition coefficient (Wildman–Crippen LogP) is 11.6. The third-order valence-electron chi connectivity index (χ3n) is 9.28. The first-order chi connectivity index (χ1) is 17.8. The molecular weight excluding hydrogens is 525 g/mol. The molecule has 2 nitrogen and oxygen atoms in total. The van der Waals surface area contributed by atoms with Crippen LogP contribution >= 0.6 is 0 Å². The maximum Gasteiger partial charge on any atom is 0.201 e. The van der Waals surface area contributed by atoms with E-state index in [1.54, 1.807) is 5.20 Å². The normalized spacial score (nSPS) is 15.9. The molecule has 5 heteroatoms. The summed E-state index contributed by atoms with van der Waals surface area (Å²) < 4.78 is 15.3. The highest BCUT2D eigenvalue weighted by molar-refractivity contribution is 6.83. The number of unbranched alkanes of at least 4 members (excludes halogenated alkanes) is 2. The van der Waals surface area contributed by atoms with E-state index in [4.69, 9.17) is 8.85 Å². The van der Waals surface area contributed by atoms with Crippen LogP contribution in [0.15, 0.2) is 41.6 Å². The number of aryl methyl sites for hydroxylation is 1. The van der Waals surface area contributed by atoms with E-state index in [-0.39, 0.29) is 17.2 Å². The first-order valence-corrected chi connectivity index (χ1v) is 24.5. The van der Waals surface area contributed by atoms with Crippen molar-refractivity contribution in [2.45, 2.75) is 168 Å². The van der Waals surface area contributed by atoms with E-state index >= 15 is 0 Å². The van der Waals surface area contributed by atoms with Crippen molar-refractivity contribution >= 4 is 24.7 Å². The van der Waals surface area contributed by atoms with Gasteiger partial charge in [0.05, 0.1) is 20.3 Å². The molecule has 0 bridgehead atoms. The molecule has 0 aliphatic carbocycles. The molecular formula is C34H66O2Si3. The summed E-state index contributed by atoms with van der Waals surface area (Å²) in [5.41, 5.74) is 3.02. The van der Waals surface area contributed by atoms with Gasteiger partial charge in [0.25, 0.3) is 0 Å². The van der Waals surface area contributed by atoms with Crippen molar-refractivity contribution in [3.8, 4) is 0 Å². The second-order valence-electron chi connectivity index (χ2n) is 15.3. The van der Waals surface area contributed by atoms with Gasteiger partial charge >= 0.3 is 0 Å². The first kappa shape index (κ1) is 36.6. The molecule has 0 aromatic heterocycles. The van der Waals surface area contributed by atoms with E-state index in [1.165, 1.54) is 18.4 Å². The van der Waals surface area contributed by atoms with Crippen molar-refractivity contribution < 1.29 is 8.85 Å². The molecule has 2 atom stereocenters. The molecule has 0 amide bonds. The molecule has 0 aliphatic heterocycles. The van der Waals surface area contributed by atoms with Crippen molar-refractivity contribution in [1.82, 2.24) is 0 Å². The van der Waals surface area contributed by atoms with Gasteiger partial charge in [-0.3, -0.25) is 0 Å². The Labute approximate surface area is 248 Å². The van der Waals surface area contributed by atoms with Gasteiger partial charge in [0.15, 0.2) is 8.32 Å². The Morgan fingerprint density at radius 2 is 1.33 bits per heavy atom. The number of benzene rings is 1. The molecule has 226 valence electrons. The van der Waals surface area contributed by atoms with Crippen LogP contribution in [0.1, 0.15) is 100 Å². The fourth-order valence-electron chi connectivity index (χ4n) is 6.06. The minimum absolute atomic E-state index is 0.0326. The zero-order chi connectivity index (χ0) is 30.2. The van der Waals surface area contributed by atoms with Crippen molar-refractivity contribution in [3.05, 3.63) is 47.2 Å². The van der Waals surface area contributed by atoms with Crippen molar-refractivity contribution in [2.75, 3.05) is 0 Å². The minimum atomic E-state index is -2.16. The average molecular weight is 591 g/mol. The van der Waals surface area contributed by atoms with Crippen LogP contribution in [0.4, 0.5) is 0 Å². The molecule has 1 rings (SSSR count). The third kappa shape index (κ3) is 10.1. The highest BCUT2D eigenvalue weighted by Crippen LogP contribution is 2.46. The van der Waals surface area contributed by atoms with Crippen molar-refractivity contribution in [1.29, 1.82) is 0 Å². The van der Waals surface area contributed by atoms with Crippen molar-refractivity contribution in [2.24, 2.45) is 0 Å². The second-order valence-corrected chi connectivity index (χ2v) is 30.6. The molecule has 0 radical (unpaired) electrons. The van der Waals surface area contributed by atoms with E-state index in [0.717, 1.165) is 19.3 Å². The van der Waals surface area contributed by atoms with E-state index in [9.17, 15) is 0 Å². The van der Waals surface area contributed by atoms with E-state index in [1.807, 2.05) is 0 Å². The van der Waals surface area contributed by atoms with Gasteiger partial charge in [-0.05, 0) is 59.6 Å². The molecule has 0 N–H and O–H groups in total. The van der Waals surface area contributed by atoms with Gasteiger partial charge in [-0.2, -0.15) is 0 Å². The van der Waals surface area contributed by atoms with Crippen LogP contribution in [0.25, 0.3) is 0 Å². The molecule has 0 saturated heterocycles. The van der Waals surface area contributed by atoms with Crippen LogP contribution in [0.5, 0.6) is 0 Å². The number of allylic oxidation sites excluding steroid dienone is 1. The summed E-state index contributed by atoms with van der Waals surface area (Å²) in [4.78, 5) is 0. The van der Waals surface area contributed by atoms with Crippen LogP contribution in [0.2, 0.25) is 54.4 Å². The predicted molar refractivity (Wildman–Crippen MR) is 184 cm³/mol. The van der Waals surface area contributed by atoms with Crippen LogP contribution in [0.3, 0.4) is 0 Å². The summed E-state index contributed by atoms with van der Waals surface area (Å²) in [6.07, 6.45) is 8.31. The fourth-order valence-corrected chi connectivity index (χ4v) is 14.9. The van der Waals surface area contributed by atoms with Gasteiger partial charge in [0, 0.05) is 0 Å². The molecule has 0 spiro atoms.